The molecule has 2 saturated heterocycles. The predicted molar refractivity (Wildman–Crippen MR) is 365 cm³/mol. The number of fused-ring (bicyclic) bond motifs is 15. The van der Waals surface area contributed by atoms with Gasteiger partial charge in [-0.1, -0.05) is 12.1 Å². The molecule has 0 radical (unpaired) electrons. The first-order chi connectivity index (χ1) is 47.9. The summed E-state index contributed by atoms with van der Waals surface area (Å²) < 4.78 is 38.5. The Morgan fingerprint density at radius 3 is 2.25 bits per heavy atom. The lowest BCUT2D eigenvalue weighted by Gasteiger charge is -2.48. The van der Waals surface area contributed by atoms with Crippen molar-refractivity contribution in [2.24, 2.45) is 0 Å². The van der Waals surface area contributed by atoms with Crippen molar-refractivity contribution >= 4 is 109 Å². The highest BCUT2D eigenvalue weighted by molar-refractivity contribution is 7.14. The molecule has 12 bridgehead atoms. The van der Waals surface area contributed by atoms with Crippen LogP contribution in [0, 0.1) is 0 Å². The minimum absolute atomic E-state index is 0.0143. The van der Waals surface area contributed by atoms with Gasteiger partial charge in [-0.2, -0.15) is 4.73 Å². The normalized spacial score (nSPS) is 25.3. The number of hydrogen-bond acceptors (Lipinski definition) is 31. The number of esters is 2. The number of aromatic nitrogens is 7. The number of cyclic esters (lactones) is 2. The summed E-state index contributed by atoms with van der Waals surface area (Å²) in [5.74, 6) is -5.89. The van der Waals surface area contributed by atoms with Gasteiger partial charge in [-0.05, 0) is 66.5 Å². The quantitative estimate of drug-likeness (QED) is 0.0518. The molecule has 2 fully saturated rings. The number of carbonyl (C=O) groups is 6. The van der Waals surface area contributed by atoms with E-state index in [9.17, 15) is 30.1 Å². The number of carbonyl (C=O) groups excluding carboxylic acids is 6. The monoisotopic (exact) mass is 1470 g/mol. The second-order valence-corrected chi connectivity index (χ2v) is 29.5. The number of ether oxygens (including phenoxy) is 6. The summed E-state index contributed by atoms with van der Waals surface area (Å²) in [5.41, 5.74) is -0.891. The van der Waals surface area contributed by atoms with Crippen LogP contribution in [0.15, 0.2) is 56.9 Å². The van der Waals surface area contributed by atoms with Gasteiger partial charge in [-0.25, -0.2) is 39.5 Å². The smallest absolute Gasteiger partial charge is 0.358 e. The standard InChI is InChI=1S/C64H71N15O16S5/c1-28(80)44-56(85)74-45(29(2)90-8)59-70-39(26-99-59)55(84)75-48-50-51(95-42-17-64(4,88)52(76(5)6)30(3)94-42)63(87)92-19-31-10-9-11-40-43(31)34(20-91-50)49(79(40)89)62(86)93-21-35(67-53(82)37-25-100-61(48)71-37)58-68-36(23-98-58)46-33(57-69-38(24-97-57)54(83)73-44)16-41(81)47(72-46)60-66-32(22-96-60)18-65-27-78-14-12-77(7)13-15-78/h9-11,16,22-26,28,30,35,42,44,48,50-52,65,80-81,88-89H,12-15,17-21,27H2,1-8H3,(H,67,82)(H,73,83)(H,74,85)(H,75,84)/b45-29+. The fourth-order valence-electron chi connectivity index (χ4n) is 12.8. The number of aromatic hydroxyl groups is 1. The topological polar surface area (TPSA) is 391 Å². The lowest BCUT2D eigenvalue weighted by Crippen LogP contribution is -2.62. The first-order valence-electron chi connectivity index (χ1n) is 31.7. The molecule has 7 aromatic heterocycles. The summed E-state index contributed by atoms with van der Waals surface area (Å²) in [6.07, 6.45) is -7.38. The summed E-state index contributed by atoms with van der Waals surface area (Å²) in [7, 11) is 6.99. The number of allylic oxidation sites excluding steroid dienone is 1. The summed E-state index contributed by atoms with van der Waals surface area (Å²) >= 11 is 5.09. The summed E-state index contributed by atoms with van der Waals surface area (Å²) in [6.45, 7) is 9.26. The SMILES string of the molecule is CO/C(C)=C1/NC(=O)C(C(C)O)NC(=O)c2csc(n2)-c2cc(O)c(-c3nc(CNCN4CCN(C)CC4)cs3)nc2-c2csc(n2)C2COC(=O)c3c4c5c(cccc5n3O)COC(=O)C(OC3CC(C)(O)C(N(C)C)C(C)O3)C(OC4)C(NC(=O)c3csc1n3)c1nc(cs1)C(=O)N2. The first kappa shape index (κ1) is 70.1. The number of benzene rings is 1. The van der Waals surface area contributed by atoms with Gasteiger partial charge in [-0.3, -0.25) is 29.4 Å². The van der Waals surface area contributed by atoms with Crippen LogP contribution in [0.5, 0.6) is 5.75 Å². The van der Waals surface area contributed by atoms with E-state index < -0.39 is 122 Å². The lowest BCUT2D eigenvalue weighted by molar-refractivity contribution is -0.280. The first-order valence-corrected chi connectivity index (χ1v) is 36.1. The van der Waals surface area contributed by atoms with Gasteiger partial charge in [0, 0.05) is 89.2 Å². The highest BCUT2D eigenvalue weighted by Gasteiger charge is 2.50. The van der Waals surface area contributed by atoms with Gasteiger partial charge in [0.15, 0.2) is 18.1 Å². The second kappa shape index (κ2) is 29.0. The molecule has 1 aromatic carbocycles. The second-order valence-electron chi connectivity index (χ2n) is 25.1. The number of hydrogen-bond donors (Lipinski definition) is 9. The van der Waals surface area contributed by atoms with Crippen LogP contribution in [0.4, 0.5) is 0 Å². The van der Waals surface area contributed by atoms with Crippen molar-refractivity contribution in [3.8, 4) is 38.4 Å². The number of nitrogens with zero attached hydrogens (tertiary/aromatic N) is 10. The van der Waals surface area contributed by atoms with Crippen LogP contribution in [-0.2, 0) is 57.8 Å². The van der Waals surface area contributed by atoms with E-state index in [1.54, 1.807) is 50.4 Å². The third-order valence-electron chi connectivity index (χ3n) is 17.8. The van der Waals surface area contributed by atoms with Gasteiger partial charge in [-0.15, -0.1) is 56.7 Å². The van der Waals surface area contributed by atoms with E-state index in [0.29, 0.717) is 34.2 Å². The third kappa shape index (κ3) is 14.2. The van der Waals surface area contributed by atoms with Crippen LogP contribution in [0.2, 0.25) is 0 Å². The molecular formula is C64H71N15O16S5. The van der Waals surface area contributed by atoms with Crippen LogP contribution in [0.25, 0.3) is 49.3 Å². The molecule has 100 heavy (non-hydrogen) atoms. The summed E-state index contributed by atoms with van der Waals surface area (Å²) in [5, 5.41) is 70.5. The molecule has 13 rings (SSSR count). The fourth-order valence-corrected chi connectivity index (χ4v) is 17.0. The van der Waals surface area contributed by atoms with Crippen LogP contribution in [-0.4, -0.2) is 222 Å². The number of aliphatic hydroxyl groups is 2. The molecule has 9 N–H and O–H groups in total. The van der Waals surface area contributed by atoms with Gasteiger partial charge in [0.05, 0.1) is 48.8 Å². The Bertz CT molecular complexity index is 4490. The summed E-state index contributed by atoms with van der Waals surface area (Å²) in [6, 6.07) is 1.08. The van der Waals surface area contributed by atoms with E-state index in [1.807, 2.05) is 5.38 Å². The number of aliphatic hydroxyl groups excluding tert-OH is 1. The summed E-state index contributed by atoms with van der Waals surface area (Å²) in [4.78, 5) is 125. The average Bonchev–Trinajstić information content (AvgIpc) is 1.58. The Hall–Kier alpha value is -8.34. The molecule has 5 aliphatic rings. The van der Waals surface area contributed by atoms with Crippen LogP contribution < -0.4 is 26.6 Å². The number of methoxy groups -OCH3 is 1. The van der Waals surface area contributed by atoms with Gasteiger partial charge in [0.2, 0.25) is 5.91 Å². The minimum Gasteiger partial charge on any atom is -0.506 e. The minimum atomic E-state index is -1.89. The Morgan fingerprint density at radius 1 is 0.830 bits per heavy atom. The third-order valence-corrected chi connectivity index (χ3v) is 22.3. The maximum absolute atomic E-state index is 15.2. The average molecular weight is 1470 g/mol. The van der Waals surface area contributed by atoms with Gasteiger partial charge in [0.1, 0.15) is 114 Å². The van der Waals surface area contributed by atoms with Crippen molar-refractivity contribution in [3.63, 3.8) is 0 Å². The zero-order valence-electron chi connectivity index (χ0n) is 55.2. The maximum Gasteiger partial charge on any atom is 0.358 e. The molecular weight excluding hydrogens is 1400 g/mol. The molecule has 31 nitrogen and oxygen atoms in total. The van der Waals surface area contributed by atoms with E-state index in [4.69, 9.17) is 48.4 Å². The zero-order chi connectivity index (χ0) is 70.6. The number of likely N-dealkylation sites (N-methyl/N-ethyl adjacent to an activating group) is 2. The van der Waals surface area contributed by atoms with Crippen LogP contribution in [0.3, 0.4) is 0 Å². The molecule has 528 valence electrons. The Balaban J connectivity index is 0.959. The maximum atomic E-state index is 15.2. The Kier molecular flexibility index (Phi) is 20.3. The van der Waals surface area contributed by atoms with Gasteiger partial charge >= 0.3 is 11.9 Å². The molecule has 36 heteroatoms. The number of thiazole rings is 5. The number of piperazine rings is 1. The van der Waals surface area contributed by atoms with E-state index >= 15 is 19.2 Å². The van der Waals surface area contributed by atoms with E-state index in [-0.39, 0.29) is 99.9 Å². The number of nitrogens with one attached hydrogen (secondary N) is 5. The highest BCUT2D eigenvalue weighted by Crippen LogP contribution is 2.43. The van der Waals surface area contributed by atoms with Crippen LogP contribution >= 0.6 is 56.7 Å². The molecule has 5 aliphatic heterocycles. The molecule has 4 amide bonds. The van der Waals surface area contributed by atoms with Crippen molar-refractivity contribution in [1.29, 1.82) is 0 Å². The van der Waals surface area contributed by atoms with Crippen molar-refractivity contribution in [2.75, 3.05) is 67.7 Å². The molecule has 12 heterocycles. The number of rotatable bonds is 10. The highest BCUT2D eigenvalue weighted by atomic mass is 32.1. The number of amides is 4. The largest absolute Gasteiger partial charge is 0.506 e. The van der Waals surface area contributed by atoms with E-state index in [0.717, 1.165) is 71.5 Å². The zero-order valence-corrected chi connectivity index (χ0v) is 59.2. The molecule has 0 saturated carbocycles. The Morgan fingerprint density at radius 2 is 1.51 bits per heavy atom. The van der Waals surface area contributed by atoms with Crippen molar-refractivity contribution in [2.45, 2.75) is 114 Å². The van der Waals surface area contributed by atoms with Gasteiger partial charge in [0.25, 0.3) is 17.7 Å². The lowest BCUT2D eigenvalue weighted by atomic mass is 9.85. The van der Waals surface area contributed by atoms with Crippen molar-refractivity contribution in [3.05, 3.63) is 112 Å². The van der Waals surface area contributed by atoms with Crippen molar-refractivity contribution in [1.82, 2.24) is 75.9 Å². The van der Waals surface area contributed by atoms with E-state index in [2.05, 4.69) is 53.4 Å². The van der Waals surface area contributed by atoms with Crippen LogP contribution in [0.1, 0.15) is 120 Å². The molecule has 8 aromatic rings. The number of pyridine rings is 1. The Labute approximate surface area is 591 Å². The molecule has 0 spiro atoms. The molecule has 0 aliphatic carbocycles. The molecule has 10 unspecified atom stereocenters. The fraction of sp³-hybridized carbons (Fsp3) is 0.438. The molecule has 10 atom stereocenters. The van der Waals surface area contributed by atoms with E-state index in [1.165, 1.54) is 60.6 Å². The van der Waals surface area contributed by atoms with Gasteiger partial charge < -0.3 is 80.0 Å². The predicted octanol–water partition coefficient (Wildman–Crippen LogP) is 4.46. The van der Waals surface area contributed by atoms with Crippen molar-refractivity contribution < 1.29 is 77.7 Å².